The predicted molar refractivity (Wildman–Crippen MR) is 102 cm³/mol. The average molecular weight is 398 g/mol. The highest BCUT2D eigenvalue weighted by molar-refractivity contribution is 9.10. The molecule has 2 aromatic rings. The topological polar surface area (TPSA) is 55.1 Å². The summed E-state index contributed by atoms with van der Waals surface area (Å²) in [6, 6.07) is 13.5. The van der Waals surface area contributed by atoms with E-state index in [1.807, 2.05) is 39.0 Å². The van der Waals surface area contributed by atoms with Gasteiger partial charge in [0.15, 0.2) is 0 Å². The first-order chi connectivity index (χ1) is 10.3. The van der Waals surface area contributed by atoms with Crippen LogP contribution in [0.25, 0.3) is 0 Å². The zero-order chi connectivity index (χ0) is 16.3. The number of carbonyl (C=O) groups is 1. The van der Waals surface area contributed by atoms with Gasteiger partial charge in [-0.1, -0.05) is 34.1 Å². The van der Waals surface area contributed by atoms with Crippen molar-refractivity contribution < 1.29 is 4.79 Å². The van der Waals surface area contributed by atoms with E-state index in [0.29, 0.717) is 11.3 Å². The summed E-state index contributed by atoms with van der Waals surface area (Å²) < 4.78 is 1.05. The van der Waals surface area contributed by atoms with Crippen molar-refractivity contribution in [3.8, 4) is 0 Å². The standard InChI is InChI=1S/C18H21BrN2O.ClH/c1-12-4-9-15(20)10-16(12)17(22)21-18(2,3)11-13-5-7-14(19)8-6-13;/h4-10H,11,20H2,1-3H3,(H,21,22);1H. The van der Waals surface area contributed by atoms with Crippen LogP contribution >= 0.6 is 28.3 Å². The van der Waals surface area contributed by atoms with Gasteiger partial charge >= 0.3 is 0 Å². The van der Waals surface area contributed by atoms with E-state index in [4.69, 9.17) is 5.73 Å². The summed E-state index contributed by atoms with van der Waals surface area (Å²) >= 11 is 3.43. The number of nitrogens with one attached hydrogen (secondary N) is 1. The third kappa shape index (κ3) is 5.56. The van der Waals surface area contributed by atoms with Gasteiger partial charge in [0.25, 0.3) is 5.91 Å². The van der Waals surface area contributed by atoms with Crippen LogP contribution < -0.4 is 11.1 Å². The molecule has 0 aliphatic heterocycles. The molecule has 0 atom stereocenters. The maximum absolute atomic E-state index is 12.5. The van der Waals surface area contributed by atoms with Crippen molar-refractivity contribution in [1.29, 1.82) is 0 Å². The monoisotopic (exact) mass is 396 g/mol. The molecular formula is C18H22BrClN2O. The second-order valence-electron chi connectivity index (χ2n) is 6.22. The number of aryl methyl sites for hydroxylation is 1. The van der Waals surface area contributed by atoms with Gasteiger partial charge in [0.05, 0.1) is 0 Å². The number of hydrogen-bond acceptors (Lipinski definition) is 2. The van der Waals surface area contributed by atoms with Crippen LogP contribution in [0.3, 0.4) is 0 Å². The number of amides is 1. The summed E-state index contributed by atoms with van der Waals surface area (Å²) in [5.41, 5.74) is 8.77. The number of hydrogen-bond donors (Lipinski definition) is 2. The van der Waals surface area contributed by atoms with Crippen LogP contribution in [0.5, 0.6) is 0 Å². The molecule has 0 unspecified atom stereocenters. The molecule has 0 saturated carbocycles. The highest BCUT2D eigenvalue weighted by Crippen LogP contribution is 2.18. The number of benzene rings is 2. The number of halogens is 2. The van der Waals surface area contributed by atoms with Crippen molar-refractivity contribution in [2.24, 2.45) is 0 Å². The van der Waals surface area contributed by atoms with Gasteiger partial charge < -0.3 is 11.1 Å². The van der Waals surface area contributed by atoms with E-state index in [1.54, 1.807) is 12.1 Å². The molecule has 0 heterocycles. The van der Waals surface area contributed by atoms with E-state index in [2.05, 4.69) is 33.4 Å². The molecule has 0 aromatic heterocycles. The zero-order valence-corrected chi connectivity index (χ0v) is 15.9. The van der Waals surface area contributed by atoms with Gasteiger partial charge in [-0.05, 0) is 62.6 Å². The SMILES string of the molecule is Cc1ccc(N)cc1C(=O)NC(C)(C)Cc1ccc(Br)cc1.Cl. The van der Waals surface area contributed by atoms with E-state index in [0.717, 1.165) is 16.5 Å². The first kappa shape index (κ1) is 19.5. The fourth-order valence-corrected chi connectivity index (χ4v) is 2.68. The van der Waals surface area contributed by atoms with Crippen molar-refractivity contribution in [2.75, 3.05) is 5.73 Å². The number of nitrogens with two attached hydrogens (primary N) is 1. The number of nitrogen functional groups attached to an aromatic ring is 1. The van der Waals surface area contributed by atoms with Gasteiger partial charge in [0.2, 0.25) is 0 Å². The Morgan fingerprint density at radius 2 is 1.78 bits per heavy atom. The molecule has 1 amide bonds. The smallest absolute Gasteiger partial charge is 0.252 e. The summed E-state index contributed by atoms with van der Waals surface area (Å²) in [5.74, 6) is -0.0908. The number of anilines is 1. The lowest BCUT2D eigenvalue weighted by Crippen LogP contribution is -2.45. The van der Waals surface area contributed by atoms with E-state index in [-0.39, 0.29) is 23.9 Å². The molecule has 124 valence electrons. The predicted octanol–water partition coefficient (Wildman–Crippen LogP) is 4.51. The van der Waals surface area contributed by atoms with E-state index in [1.165, 1.54) is 5.56 Å². The Morgan fingerprint density at radius 3 is 2.39 bits per heavy atom. The summed E-state index contributed by atoms with van der Waals surface area (Å²) in [5, 5.41) is 3.10. The highest BCUT2D eigenvalue weighted by Gasteiger charge is 2.22. The Labute approximate surface area is 152 Å². The molecule has 5 heteroatoms. The van der Waals surface area contributed by atoms with Crippen LogP contribution in [0, 0.1) is 6.92 Å². The van der Waals surface area contributed by atoms with Crippen LogP contribution in [0.4, 0.5) is 5.69 Å². The van der Waals surface area contributed by atoms with Crippen molar-refractivity contribution in [3.63, 3.8) is 0 Å². The zero-order valence-electron chi connectivity index (χ0n) is 13.5. The molecule has 0 aliphatic carbocycles. The molecule has 0 saturated heterocycles. The molecular weight excluding hydrogens is 376 g/mol. The number of rotatable bonds is 4. The lowest BCUT2D eigenvalue weighted by Gasteiger charge is -2.27. The average Bonchev–Trinajstić information content (AvgIpc) is 2.43. The van der Waals surface area contributed by atoms with Crippen LogP contribution in [0.1, 0.15) is 35.3 Å². The minimum Gasteiger partial charge on any atom is -0.399 e. The molecule has 3 nitrogen and oxygen atoms in total. The van der Waals surface area contributed by atoms with Crippen LogP contribution in [-0.2, 0) is 6.42 Å². The Balaban J connectivity index is 0.00000264. The van der Waals surface area contributed by atoms with Gasteiger partial charge in [-0.3, -0.25) is 4.79 Å². The molecule has 2 rings (SSSR count). The maximum atomic E-state index is 12.5. The lowest BCUT2D eigenvalue weighted by molar-refractivity contribution is 0.0912. The van der Waals surface area contributed by atoms with Crippen molar-refractivity contribution in [2.45, 2.75) is 32.7 Å². The highest BCUT2D eigenvalue weighted by atomic mass is 79.9. The van der Waals surface area contributed by atoms with E-state index < -0.39 is 0 Å². The van der Waals surface area contributed by atoms with Crippen molar-refractivity contribution in [3.05, 3.63) is 63.6 Å². The fourth-order valence-electron chi connectivity index (χ4n) is 2.42. The minimum absolute atomic E-state index is 0. The molecule has 0 radical (unpaired) electrons. The summed E-state index contributed by atoms with van der Waals surface area (Å²) in [7, 11) is 0. The second-order valence-corrected chi connectivity index (χ2v) is 7.13. The van der Waals surface area contributed by atoms with Crippen molar-refractivity contribution in [1.82, 2.24) is 5.32 Å². The van der Waals surface area contributed by atoms with Gasteiger partial charge in [-0.2, -0.15) is 0 Å². The maximum Gasteiger partial charge on any atom is 0.252 e. The third-order valence-electron chi connectivity index (χ3n) is 3.52. The van der Waals surface area contributed by atoms with Gasteiger partial charge in [0.1, 0.15) is 0 Å². The van der Waals surface area contributed by atoms with Gasteiger partial charge in [-0.15, -0.1) is 12.4 Å². The van der Waals surface area contributed by atoms with E-state index >= 15 is 0 Å². The molecule has 3 N–H and O–H groups in total. The molecule has 0 aliphatic rings. The van der Waals surface area contributed by atoms with Crippen LogP contribution in [0.15, 0.2) is 46.9 Å². The Bertz CT molecular complexity index is 684. The normalized spacial score (nSPS) is 10.8. The van der Waals surface area contributed by atoms with Gasteiger partial charge in [0, 0.05) is 21.3 Å². The lowest BCUT2D eigenvalue weighted by atomic mass is 9.94. The largest absolute Gasteiger partial charge is 0.399 e. The van der Waals surface area contributed by atoms with Crippen LogP contribution in [0.2, 0.25) is 0 Å². The minimum atomic E-state index is -0.345. The second kappa shape index (κ2) is 7.84. The molecule has 0 bridgehead atoms. The quantitative estimate of drug-likeness (QED) is 0.746. The Hall–Kier alpha value is -1.52. The Kier molecular flexibility index (Phi) is 6.66. The first-order valence-electron chi connectivity index (χ1n) is 7.20. The van der Waals surface area contributed by atoms with Gasteiger partial charge in [-0.25, -0.2) is 0 Å². The summed E-state index contributed by atoms with van der Waals surface area (Å²) in [4.78, 5) is 12.5. The van der Waals surface area contributed by atoms with E-state index in [9.17, 15) is 4.79 Å². The fraction of sp³-hybridized carbons (Fsp3) is 0.278. The molecule has 0 fully saturated rings. The summed E-state index contributed by atoms with van der Waals surface area (Å²) in [6.07, 6.45) is 0.757. The Morgan fingerprint density at radius 1 is 1.17 bits per heavy atom. The molecule has 2 aromatic carbocycles. The first-order valence-corrected chi connectivity index (χ1v) is 7.99. The number of carbonyl (C=O) groups excluding carboxylic acids is 1. The summed E-state index contributed by atoms with van der Waals surface area (Å²) in [6.45, 7) is 5.96. The molecule has 0 spiro atoms. The van der Waals surface area contributed by atoms with Crippen LogP contribution in [-0.4, -0.2) is 11.4 Å². The molecule has 23 heavy (non-hydrogen) atoms. The third-order valence-corrected chi connectivity index (χ3v) is 4.05. The van der Waals surface area contributed by atoms with Crippen molar-refractivity contribution >= 4 is 39.9 Å².